The Labute approximate surface area is 121 Å². The van der Waals surface area contributed by atoms with Crippen LogP contribution in [0.4, 0.5) is 5.69 Å². The van der Waals surface area contributed by atoms with Crippen molar-refractivity contribution in [3.05, 3.63) is 76.4 Å². The van der Waals surface area contributed by atoms with Gasteiger partial charge >= 0.3 is 0 Å². The fourth-order valence-corrected chi connectivity index (χ4v) is 2.17. The molecule has 2 aromatic carbocycles. The topological polar surface area (TPSA) is 29.1 Å². The molecule has 96 valence electrons. The molecule has 0 aliphatic rings. The number of rotatable bonds is 4. The molecule has 2 rings (SSSR count). The van der Waals surface area contributed by atoms with Crippen molar-refractivity contribution in [2.75, 3.05) is 5.32 Å². The van der Waals surface area contributed by atoms with Crippen LogP contribution in [-0.4, -0.2) is 5.78 Å². The molecule has 0 unspecified atom stereocenters. The molecule has 2 aromatic rings. The maximum Gasteiger partial charge on any atom is 0.187 e. The Morgan fingerprint density at radius 1 is 1.16 bits per heavy atom. The highest BCUT2D eigenvalue weighted by Crippen LogP contribution is 2.19. The maximum atomic E-state index is 11.8. The largest absolute Gasteiger partial charge is 0.361 e. The van der Waals surface area contributed by atoms with Crippen LogP contribution in [0.2, 0.25) is 0 Å². The lowest BCUT2D eigenvalue weighted by Crippen LogP contribution is -1.96. The van der Waals surface area contributed by atoms with Crippen LogP contribution < -0.4 is 5.32 Å². The summed E-state index contributed by atoms with van der Waals surface area (Å²) >= 11 is 3.42. The second-order valence-electron chi connectivity index (χ2n) is 4.17. The number of hydrogen-bond acceptors (Lipinski definition) is 2. The number of benzene rings is 2. The predicted octanol–water partition coefficient (Wildman–Crippen LogP) is 4.57. The highest BCUT2D eigenvalue weighted by Gasteiger charge is 2.00. The minimum absolute atomic E-state index is 0.0112. The van der Waals surface area contributed by atoms with Gasteiger partial charge < -0.3 is 5.32 Å². The van der Waals surface area contributed by atoms with Gasteiger partial charge in [-0.1, -0.05) is 46.3 Å². The van der Waals surface area contributed by atoms with E-state index in [2.05, 4.69) is 21.2 Å². The minimum atomic E-state index is -0.0112. The molecule has 0 saturated heterocycles. The van der Waals surface area contributed by atoms with E-state index in [1.807, 2.05) is 43.3 Å². The van der Waals surface area contributed by atoms with Crippen molar-refractivity contribution in [3.8, 4) is 0 Å². The number of nitrogens with one attached hydrogen (secondary N) is 1. The first-order valence-corrected chi connectivity index (χ1v) is 6.75. The van der Waals surface area contributed by atoms with E-state index in [1.165, 1.54) is 6.08 Å². The molecule has 0 atom stereocenters. The van der Waals surface area contributed by atoms with Gasteiger partial charge in [0.2, 0.25) is 0 Å². The summed E-state index contributed by atoms with van der Waals surface area (Å²) in [5.41, 5.74) is 2.79. The van der Waals surface area contributed by atoms with Crippen LogP contribution in [0, 0.1) is 6.92 Å². The molecule has 1 N–H and O–H groups in total. The van der Waals surface area contributed by atoms with E-state index in [0.29, 0.717) is 5.56 Å². The van der Waals surface area contributed by atoms with Crippen molar-refractivity contribution in [1.82, 2.24) is 0 Å². The maximum absolute atomic E-state index is 11.8. The highest BCUT2D eigenvalue weighted by molar-refractivity contribution is 9.10. The number of hydrogen-bond donors (Lipinski definition) is 1. The Balaban J connectivity index is 2.02. The average molecular weight is 316 g/mol. The number of aryl methyl sites for hydroxylation is 1. The molecule has 0 radical (unpaired) electrons. The molecule has 0 amide bonds. The zero-order valence-electron chi connectivity index (χ0n) is 10.6. The Morgan fingerprint density at radius 2 is 1.89 bits per heavy atom. The van der Waals surface area contributed by atoms with Crippen LogP contribution in [0.5, 0.6) is 0 Å². The summed E-state index contributed by atoms with van der Waals surface area (Å²) in [7, 11) is 0. The first-order chi connectivity index (χ1) is 9.16. The van der Waals surface area contributed by atoms with E-state index >= 15 is 0 Å². The van der Waals surface area contributed by atoms with Crippen LogP contribution in [0.3, 0.4) is 0 Å². The lowest BCUT2D eigenvalue weighted by molar-refractivity contribution is 0.104. The Kier molecular flexibility index (Phi) is 4.53. The van der Waals surface area contributed by atoms with Crippen LogP contribution in [0.1, 0.15) is 15.9 Å². The molecular formula is C16H14BrNO. The van der Waals surface area contributed by atoms with Gasteiger partial charge in [-0.25, -0.2) is 0 Å². The molecule has 0 spiro atoms. The lowest BCUT2D eigenvalue weighted by atomic mass is 10.1. The number of carbonyl (C=O) groups excluding carboxylic acids is 1. The highest BCUT2D eigenvalue weighted by atomic mass is 79.9. The monoisotopic (exact) mass is 315 g/mol. The van der Waals surface area contributed by atoms with Crippen molar-refractivity contribution in [1.29, 1.82) is 0 Å². The first-order valence-electron chi connectivity index (χ1n) is 5.95. The van der Waals surface area contributed by atoms with E-state index in [0.717, 1.165) is 15.7 Å². The van der Waals surface area contributed by atoms with Gasteiger partial charge in [0.05, 0.1) is 0 Å². The van der Waals surface area contributed by atoms with E-state index < -0.39 is 0 Å². The second-order valence-corrected chi connectivity index (χ2v) is 5.08. The standard InChI is InChI=1S/C16H14BrNO/c1-12-11-14(17)7-8-15(12)18-10-9-16(19)13-5-3-2-4-6-13/h2-11,18H,1H3/b10-9+. The van der Waals surface area contributed by atoms with E-state index in [9.17, 15) is 4.79 Å². The van der Waals surface area contributed by atoms with Crippen molar-refractivity contribution in [2.45, 2.75) is 6.92 Å². The van der Waals surface area contributed by atoms with Crippen molar-refractivity contribution >= 4 is 27.4 Å². The molecular weight excluding hydrogens is 302 g/mol. The summed E-state index contributed by atoms with van der Waals surface area (Å²) in [4.78, 5) is 11.8. The van der Waals surface area contributed by atoms with Crippen molar-refractivity contribution < 1.29 is 4.79 Å². The SMILES string of the molecule is Cc1cc(Br)ccc1N/C=C/C(=O)c1ccccc1. The van der Waals surface area contributed by atoms with E-state index in [1.54, 1.807) is 18.3 Å². The third-order valence-electron chi connectivity index (χ3n) is 2.72. The molecule has 19 heavy (non-hydrogen) atoms. The van der Waals surface area contributed by atoms with E-state index in [-0.39, 0.29) is 5.78 Å². The summed E-state index contributed by atoms with van der Waals surface area (Å²) < 4.78 is 1.04. The lowest BCUT2D eigenvalue weighted by Gasteiger charge is -2.05. The van der Waals surface area contributed by atoms with E-state index in [4.69, 9.17) is 0 Å². The molecule has 0 bridgehead atoms. The van der Waals surface area contributed by atoms with Gasteiger partial charge in [-0.2, -0.15) is 0 Å². The van der Waals surface area contributed by atoms with Crippen molar-refractivity contribution in [2.24, 2.45) is 0 Å². The normalized spacial score (nSPS) is 10.6. The molecule has 2 nitrogen and oxygen atoms in total. The van der Waals surface area contributed by atoms with Crippen LogP contribution in [0.15, 0.2) is 65.3 Å². The molecule has 0 aliphatic heterocycles. The average Bonchev–Trinajstić information content (AvgIpc) is 2.42. The molecule has 0 aromatic heterocycles. The van der Waals surface area contributed by atoms with Crippen molar-refractivity contribution in [3.63, 3.8) is 0 Å². The van der Waals surface area contributed by atoms with Gasteiger partial charge in [0.25, 0.3) is 0 Å². The summed E-state index contributed by atoms with van der Waals surface area (Å²) in [6, 6.07) is 15.2. The molecule has 3 heteroatoms. The van der Waals surface area contributed by atoms with Crippen LogP contribution in [-0.2, 0) is 0 Å². The summed E-state index contributed by atoms with van der Waals surface area (Å²) in [5, 5.41) is 3.12. The van der Waals surface area contributed by atoms with Crippen LogP contribution >= 0.6 is 15.9 Å². The van der Waals surface area contributed by atoms with Gasteiger partial charge in [0.15, 0.2) is 5.78 Å². The second kappa shape index (κ2) is 6.34. The fraction of sp³-hybridized carbons (Fsp3) is 0.0625. The molecule has 0 aliphatic carbocycles. The third kappa shape index (κ3) is 3.80. The van der Waals surface area contributed by atoms with Gasteiger partial charge in [0, 0.05) is 28.0 Å². The number of ketones is 1. The van der Waals surface area contributed by atoms with Gasteiger partial charge in [0.1, 0.15) is 0 Å². The van der Waals surface area contributed by atoms with Crippen LogP contribution in [0.25, 0.3) is 0 Å². The van der Waals surface area contributed by atoms with Gasteiger partial charge in [-0.3, -0.25) is 4.79 Å². The van der Waals surface area contributed by atoms with Gasteiger partial charge in [-0.15, -0.1) is 0 Å². The Bertz CT molecular complexity index is 605. The Hall–Kier alpha value is -1.87. The zero-order chi connectivity index (χ0) is 13.7. The first kappa shape index (κ1) is 13.6. The van der Waals surface area contributed by atoms with Gasteiger partial charge in [-0.05, 0) is 30.7 Å². The molecule has 0 heterocycles. The summed E-state index contributed by atoms with van der Waals surface area (Å²) in [5.74, 6) is -0.0112. The third-order valence-corrected chi connectivity index (χ3v) is 3.21. The summed E-state index contributed by atoms with van der Waals surface area (Å²) in [6.45, 7) is 2.01. The number of halogens is 1. The fourth-order valence-electron chi connectivity index (χ4n) is 1.69. The molecule has 0 fully saturated rings. The summed E-state index contributed by atoms with van der Waals surface area (Å²) in [6.07, 6.45) is 3.21. The minimum Gasteiger partial charge on any atom is -0.361 e. The smallest absolute Gasteiger partial charge is 0.187 e. The predicted molar refractivity (Wildman–Crippen MR) is 82.4 cm³/mol. The number of anilines is 1. The zero-order valence-corrected chi connectivity index (χ0v) is 12.1. The number of carbonyl (C=O) groups is 1. The number of allylic oxidation sites excluding steroid dienone is 1. The quantitative estimate of drug-likeness (QED) is 0.661. The molecule has 0 saturated carbocycles. The Morgan fingerprint density at radius 3 is 2.58 bits per heavy atom.